The van der Waals surface area contributed by atoms with Gasteiger partial charge >= 0.3 is 0 Å². The Labute approximate surface area is 92.1 Å². The van der Waals surface area contributed by atoms with Crippen molar-refractivity contribution in [3.8, 4) is 0 Å². The SMILES string of the molecule is CCSCCCc1ccc(C)cc1C. The molecule has 0 aliphatic heterocycles. The molecule has 0 aliphatic carbocycles. The molecule has 14 heavy (non-hydrogen) atoms. The number of aryl methyl sites for hydroxylation is 3. The third kappa shape index (κ3) is 3.75. The summed E-state index contributed by atoms with van der Waals surface area (Å²) in [5, 5.41) is 0. The topological polar surface area (TPSA) is 0 Å². The molecule has 0 unspecified atom stereocenters. The van der Waals surface area contributed by atoms with E-state index in [1.807, 2.05) is 11.8 Å². The normalized spacial score (nSPS) is 10.5. The van der Waals surface area contributed by atoms with Crippen LogP contribution in [0, 0.1) is 13.8 Å². The van der Waals surface area contributed by atoms with E-state index in [9.17, 15) is 0 Å². The highest BCUT2D eigenvalue weighted by atomic mass is 32.2. The Balaban J connectivity index is 2.42. The minimum absolute atomic E-state index is 1.24. The Bertz CT molecular complexity index is 279. The van der Waals surface area contributed by atoms with Gasteiger partial charge in [0.25, 0.3) is 0 Å². The summed E-state index contributed by atoms with van der Waals surface area (Å²) in [6, 6.07) is 6.78. The smallest absolute Gasteiger partial charge is 0.00645 e. The van der Waals surface area contributed by atoms with Crippen molar-refractivity contribution in [2.75, 3.05) is 11.5 Å². The highest BCUT2D eigenvalue weighted by Gasteiger charge is 1.98. The molecule has 0 amide bonds. The maximum absolute atomic E-state index is 2.28. The lowest BCUT2D eigenvalue weighted by atomic mass is 10.0. The fourth-order valence-corrected chi connectivity index (χ4v) is 2.27. The second kappa shape index (κ2) is 6.13. The largest absolute Gasteiger partial charge is 0.162 e. The first-order valence-corrected chi connectivity index (χ1v) is 6.53. The summed E-state index contributed by atoms with van der Waals surface area (Å²) in [6.45, 7) is 6.60. The fraction of sp³-hybridized carbons (Fsp3) is 0.538. The van der Waals surface area contributed by atoms with Crippen LogP contribution in [0.15, 0.2) is 18.2 Å². The van der Waals surface area contributed by atoms with Gasteiger partial charge in [-0.05, 0) is 49.3 Å². The second-order valence-electron chi connectivity index (χ2n) is 3.73. The van der Waals surface area contributed by atoms with E-state index in [2.05, 4.69) is 39.0 Å². The van der Waals surface area contributed by atoms with E-state index in [0.717, 1.165) is 0 Å². The lowest BCUT2D eigenvalue weighted by molar-refractivity contribution is 0.922. The molecule has 0 radical (unpaired) electrons. The Morgan fingerprint density at radius 2 is 2.00 bits per heavy atom. The Morgan fingerprint density at radius 3 is 2.64 bits per heavy atom. The Morgan fingerprint density at radius 1 is 1.21 bits per heavy atom. The van der Waals surface area contributed by atoms with Crippen LogP contribution < -0.4 is 0 Å². The van der Waals surface area contributed by atoms with Crippen molar-refractivity contribution in [3.63, 3.8) is 0 Å². The number of hydrogen-bond acceptors (Lipinski definition) is 1. The van der Waals surface area contributed by atoms with Gasteiger partial charge in [0.05, 0.1) is 0 Å². The molecule has 0 heterocycles. The molecule has 1 heteroatoms. The van der Waals surface area contributed by atoms with E-state index in [4.69, 9.17) is 0 Å². The van der Waals surface area contributed by atoms with Crippen LogP contribution in [0.2, 0.25) is 0 Å². The molecule has 0 saturated heterocycles. The van der Waals surface area contributed by atoms with Gasteiger partial charge in [0.2, 0.25) is 0 Å². The van der Waals surface area contributed by atoms with E-state index in [1.54, 1.807) is 0 Å². The molecule has 0 aliphatic rings. The van der Waals surface area contributed by atoms with Crippen molar-refractivity contribution < 1.29 is 0 Å². The van der Waals surface area contributed by atoms with Crippen LogP contribution in [-0.4, -0.2) is 11.5 Å². The fourth-order valence-electron chi connectivity index (χ4n) is 1.64. The van der Waals surface area contributed by atoms with Crippen LogP contribution >= 0.6 is 11.8 Å². The molecule has 0 fully saturated rings. The van der Waals surface area contributed by atoms with E-state index in [0.29, 0.717) is 0 Å². The summed E-state index contributed by atoms with van der Waals surface area (Å²) in [5.41, 5.74) is 4.34. The van der Waals surface area contributed by atoms with Gasteiger partial charge in [-0.3, -0.25) is 0 Å². The molecule has 0 aromatic heterocycles. The molecule has 0 bridgehead atoms. The van der Waals surface area contributed by atoms with Gasteiger partial charge in [-0.25, -0.2) is 0 Å². The third-order valence-corrected chi connectivity index (χ3v) is 3.42. The Kier molecular flexibility index (Phi) is 5.10. The quantitative estimate of drug-likeness (QED) is 0.659. The van der Waals surface area contributed by atoms with E-state index in [-0.39, 0.29) is 0 Å². The predicted octanol–water partition coefficient (Wildman–Crippen LogP) is 3.99. The molecule has 78 valence electrons. The number of thioether (sulfide) groups is 1. The molecule has 0 atom stereocenters. The first-order valence-electron chi connectivity index (χ1n) is 5.38. The molecule has 1 aromatic carbocycles. The number of rotatable bonds is 5. The van der Waals surface area contributed by atoms with Crippen molar-refractivity contribution in [1.29, 1.82) is 0 Å². The minimum atomic E-state index is 1.24. The van der Waals surface area contributed by atoms with Gasteiger partial charge in [0, 0.05) is 0 Å². The van der Waals surface area contributed by atoms with Crippen LogP contribution in [0.25, 0.3) is 0 Å². The third-order valence-electron chi connectivity index (χ3n) is 2.44. The van der Waals surface area contributed by atoms with Crippen LogP contribution in [-0.2, 0) is 6.42 Å². The van der Waals surface area contributed by atoms with Crippen LogP contribution in [0.4, 0.5) is 0 Å². The summed E-state index contributed by atoms with van der Waals surface area (Å²) in [7, 11) is 0. The maximum atomic E-state index is 2.28. The average molecular weight is 208 g/mol. The standard InChI is InChI=1S/C13H20S/c1-4-14-9-5-6-13-8-7-11(2)10-12(13)3/h7-8,10H,4-6,9H2,1-3H3. The molecule has 1 rings (SSSR count). The zero-order chi connectivity index (χ0) is 10.4. The van der Waals surface area contributed by atoms with Crippen molar-refractivity contribution in [2.24, 2.45) is 0 Å². The van der Waals surface area contributed by atoms with Gasteiger partial charge in [0.15, 0.2) is 0 Å². The molecule has 1 aromatic rings. The molecular weight excluding hydrogens is 188 g/mol. The number of benzene rings is 1. The van der Waals surface area contributed by atoms with Gasteiger partial charge < -0.3 is 0 Å². The molecule has 0 nitrogen and oxygen atoms in total. The molecule has 0 spiro atoms. The van der Waals surface area contributed by atoms with E-state index >= 15 is 0 Å². The maximum Gasteiger partial charge on any atom is -0.00645 e. The van der Waals surface area contributed by atoms with Crippen LogP contribution in [0.3, 0.4) is 0 Å². The summed E-state index contributed by atoms with van der Waals surface area (Å²) < 4.78 is 0. The first kappa shape index (κ1) is 11.6. The van der Waals surface area contributed by atoms with Crippen molar-refractivity contribution in [1.82, 2.24) is 0 Å². The lowest BCUT2D eigenvalue weighted by Crippen LogP contribution is -1.92. The van der Waals surface area contributed by atoms with E-state index in [1.165, 1.54) is 41.0 Å². The average Bonchev–Trinajstić information content (AvgIpc) is 2.15. The summed E-state index contributed by atoms with van der Waals surface area (Å²) in [6.07, 6.45) is 2.54. The summed E-state index contributed by atoms with van der Waals surface area (Å²) in [5.74, 6) is 2.54. The minimum Gasteiger partial charge on any atom is -0.162 e. The molecular formula is C13H20S. The molecule has 0 N–H and O–H groups in total. The van der Waals surface area contributed by atoms with Gasteiger partial charge in [0.1, 0.15) is 0 Å². The van der Waals surface area contributed by atoms with Gasteiger partial charge in [-0.15, -0.1) is 0 Å². The van der Waals surface area contributed by atoms with Crippen molar-refractivity contribution in [2.45, 2.75) is 33.6 Å². The van der Waals surface area contributed by atoms with Gasteiger partial charge in [-0.2, -0.15) is 11.8 Å². The second-order valence-corrected chi connectivity index (χ2v) is 5.12. The monoisotopic (exact) mass is 208 g/mol. The van der Waals surface area contributed by atoms with Crippen molar-refractivity contribution in [3.05, 3.63) is 34.9 Å². The zero-order valence-corrected chi connectivity index (χ0v) is 10.3. The predicted molar refractivity (Wildman–Crippen MR) is 67.2 cm³/mol. The number of hydrogen-bond donors (Lipinski definition) is 0. The lowest BCUT2D eigenvalue weighted by Gasteiger charge is -2.06. The summed E-state index contributed by atoms with van der Waals surface area (Å²) in [4.78, 5) is 0. The molecule has 0 saturated carbocycles. The van der Waals surface area contributed by atoms with Crippen molar-refractivity contribution >= 4 is 11.8 Å². The Hall–Kier alpha value is -0.430. The highest BCUT2D eigenvalue weighted by molar-refractivity contribution is 7.99. The summed E-state index contributed by atoms with van der Waals surface area (Å²) >= 11 is 2.04. The highest BCUT2D eigenvalue weighted by Crippen LogP contribution is 2.13. The van der Waals surface area contributed by atoms with Gasteiger partial charge in [-0.1, -0.05) is 30.7 Å². The van der Waals surface area contributed by atoms with Crippen LogP contribution in [0.1, 0.15) is 30.0 Å². The first-order chi connectivity index (χ1) is 6.74. The van der Waals surface area contributed by atoms with E-state index < -0.39 is 0 Å². The van der Waals surface area contributed by atoms with Crippen LogP contribution in [0.5, 0.6) is 0 Å². The zero-order valence-electron chi connectivity index (χ0n) is 9.47.